The Morgan fingerprint density at radius 1 is 0.971 bits per heavy atom. The number of aromatic nitrogens is 2. The predicted molar refractivity (Wildman–Crippen MR) is 133 cm³/mol. The van der Waals surface area contributed by atoms with Crippen molar-refractivity contribution >= 4 is 11.9 Å². The maximum atomic E-state index is 13.3. The van der Waals surface area contributed by atoms with Gasteiger partial charge in [-0.2, -0.15) is 5.10 Å². The molecule has 3 heterocycles. The van der Waals surface area contributed by atoms with E-state index in [0.717, 1.165) is 25.8 Å². The number of hydrogen-bond acceptors (Lipinski definition) is 4. The third-order valence-electron chi connectivity index (χ3n) is 8.02. The van der Waals surface area contributed by atoms with Crippen molar-refractivity contribution in [2.75, 3.05) is 6.61 Å². The Morgan fingerprint density at radius 2 is 1.60 bits per heavy atom. The number of carbonyl (C=O) groups excluding carboxylic acids is 2. The van der Waals surface area contributed by atoms with Gasteiger partial charge >= 0.3 is 6.09 Å². The highest BCUT2D eigenvalue weighted by atomic mass is 16.6. The van der Waals surface area contributed by atoms with E-state index in [1.54, 1.807) is 6.20 Å². The monoisotopic (exact) mass is 469 g/mol. The first-order chi connectivity index (χ1) is 17.1. The fourth-order valence-corrected chi connectivity index (χ4v) is 6.44. The smallest absolute Gasteiger partial charge is 0.410 e. The number of Topliss-reactive ketones (excluding diaryl/α,β-unsaturated/α-hetero) is 1. The number of carbonyl (C=O) groups is 2. The first-order valence-electron chi connectivity index (χ1n) is 12.8. The highest BCUT2D eigenvalue weighted by molar-refractivity contribution is 5.97. The van der Waals surface area contributed by atoms with E-state index in [1.807, 2.05) is 27.9 Å². The van der Waals surface area contributed by atoms with E-state index in [4.69, 9.17) is 4.74 Å². The van der Waals surface area contributed by atoms with Gasteiger partial charge in [0.25, 0.3) is 0 Å². The average Bonchev–Trinajstić information content (AvgIpc) is 3.55. The third-order valence-corrected chi connectivity index (χ3v) is 8.02. The molecule has 3 aromatic rings. The Bertz CT molecular complexity index is 1210. The van der Waals surface area contributed by atoms with Gasteiger partial charge < -0.3 is 9.64 Å². The summed E-state index contributed by atoms with van der Waals surface area (Å²) in [6, 6.07) is 16.9. The number of piperidine rings is 1. The van der Waals surface area contributed by atoms with E-state index in [-0.39, 0.29) is 35.8 Å². The van der Waals surface area contributed by atoms with Gasteiger partial charge in [-0.25, -0.2) is 4.79 Å². The lowest BCUT2D eigenvalue weighted by Crippen LogP contribution is -2.48. The minimum Gasteiger partial charge on any atom is -0.448 e. The molecular formula is C29H31N3O3. The Labute approximate surface area is 205 Å². The molecule has 2 aromatic carbocycles. The number of aryl methyl sites for hydroxylation is 1. The van der Waals surface area contributed by atoms with Crippen LogP contribution in [0.2, 0.25) is 0 Å². The Kier molecular flexibility index (Phi) is 5.67. The Morgan fingerprint density at radius 3 is 2.23 bits per heavy atom. The lowest BCUT2D eigenvalue weighted by molar-refractivity contribution is 0.0506. The van der Waals surface area contributed by atoms with E-state index in [0.29, 0.717) is 25.0 Å². The first kappa shape index (κ1) is 22.1. The summed E-state index contributed by atoms with van der Waals surface area (Å²) in [5, 5.41) is 4.32. The van der Waals surface area contributed by atoms with Crippen molar-refractivity contribution < 1.29 is 14.3 Å². The number of amides is 1. The van der Waals surface area contributed by atoms with Crippen LogP contribution in [0.5, 0.6) is 0 Å². The van der Waals surface area contributed by atoms with Crippen LogP contribution >= 0.6 is 0 Å². The number of ether oxygens (including phenoxy) is 1. The van der Waals surface area contributed by atoms with Crippen LogP contribution in [0, 0.1) is 5.92 Å². The molecule has 6 heteroatoms. The summed E-state index contributed by atoms with van der Waals surface area (Å²) in [6.07, 6.45) is 7.60. The number of ketones is 1. The molecular weight excluding hydrogens is 438 g/mol. The Hall–Kier alpha value is -3.41. The maximum Gasteiger partial charge on any atom is 0.410 e. The highest BCUT2D eigenvalue weighted by Crippen LogP contribution is 2.45. The van der Waals surface area contributed by atoms with Crippen LogP contribution in [0.15, 0.2) is 60.9 Å². The summed E-state index contributed by atoms with van der Waals surface area (Å²) < 4.78 is 7.80. The topological polar surface area (TPSA) is 64.4 Å². The van der Waals surface area contributed by atoms with Crippen molar-refractivity contribution in [1.29, 1.82) is 0 Å². The second-order valence-corrected chi connectivity index (χ2v) is 10.1. The molecule has 1 amide bonds. The van der Waals surface area contributed by atoms with Gasteiger partial charge in [0.1, 0.15) is 6.61 Å². The second-order valence-electron chi connectivity index (χ2n) is 10.1. The van der Waals surface area contributed by atoms with Crippen molar-refractivity contribution in [3.8, 4) is 11.1 Å². The van der Waals surface area contributed by atoms with E-state index in [1.165, 1.54) is 22.3 Å². The van der Waals surface area contributed by atoms with Crippen LogP contribution < -0.4 is 0 Å². The molecule has 180 valence electrons. The molecule has 2 atom stereocenters. The number of rotatable bonds is 6. The molecule has 1 aliphatic carbocycles. The summed E-state index contributed by atoms with van der Waals surface area (Å²) >= 11 is 0. The third kappa shape index (κ3) is 3.85. The molecule has 2 aliphatic heterocycles. The lowest BCUT2D eigenvalue weighted by Gasteiger charge is -2.37. The van der Waals surface area contributed by atoms with Gasteiger partial charge in [-0.1, -0.05) is 55.5 Å². The van der Waals surface area contributed by atoms with Crippen molar-refractivity contribution in [2.24, 2.45) is 5.92 Å². The molecule has 3 aliphatic rings. The van der Waals surface area contributed by atoms with E-state index < -0.39 is 0 Å². The number of nitrogens with zero attached hydrogens (tertiary/aromatic N) is 3. The standard InChI is InChI=1S/C29H31N3O3/c1-2-13-31-17-20(16-30-31)28(33)19-14-21-11-12-22(15-19)32(21)29(34)35-18-27-25-9-5-3-7-23(25)24-8-4-6-10-26(24)27/h3-10,16-17,19,21-22,27H,2,11-15,18H2,1H3. The van der Waals surface area contributed by atoms with Gasteiger partial charge in [0, 0.05) is 36.7 Å². The zero-order chi connectivity index (χ0) is 23.9. The summed E-state index contributed by atoms with van der Waals surface area (Å²) in [7, 11) is 0. The zero-order valence-corrected chi connectivity index (χ0v) is 20.1. The number of fused-ring (bicyclic) bond motifs is 5. The molecule has 2 unspecified atom stereocenters. The molecule has 0 radical (unpaired) electrons. The van der Waals surface area contributed by atoms with Crippen molar-refractivity contribution in [3.05, 3.63) is 77.6 Å². The van der Waals surface area contributed by atoms with Gasteiger partial charge in [0.15, 0.2) is 5.78 Å². The number of benzene rings is 2. The maximum absolute atomic E-state index is 13.3. The molecule has 0 N–H and O–H groups in total. The van der Waals surface area contributed by atoms with Gasteiger partial charge in [0.05, 0.1) is 11.8 Å². The Balaban J connectivity index is 1.12. The summed E-state index contributed by atoms with van der Waals surface area (Å²) in [5.41, 5.74) is 5.59. The van der Waals surface area contributed by atoms with Crippen LogP contribution in [0.4, 0.5) is 4.79 Å². The molecule has 2 saturated heterocycles. The second kappa shape index (κ2) is 8.99. The SMILES string of the molecule is CCCn1cc(C(=O)C2CC3CCC(C2)N3C(=O)OCC2c3ccccc3-c3ccccc32)cn1. The van der Waals surface area contributed by atoms with Crippen LogP contribution in [-0.2, 0) is 11.3 Å². The average molecular weight is 470 g/mol. The number of hydrogen-bond donors (Lipinski definition) is 0. The van der Waals surface area contributed by atoms with Crippen molar-refractivity contribution in [2.45, 2.75) is 63.6 Å². The van der Waals surface area contributed by atoms with E-state index >= 15 is 0 Å². The molecule has 35 heavy (non-hydrogen) atoms. The minimum atomic E-state index is -0.235. The van der Waals surface area contributed by atoms with Crippen LogP contribution in [-0.4, -0.2) is 45.2 Å². The molecule has 2 fully saturated rings. The van der Waals surface area contributed by atoms with Crippen molar-refractivity contribution in [3.63, 3.8) is 0 Å². The normalized spacial score (nSPS) is 22.7. The first-order valence-corrected chi connectivity index (χ1v) is 12.8. The van der Waals surface area contributed by atoms with Gasteiger partial charge in [-0.15, -0.1) is 0 Å². The summed E-state index contributed by atoms with van der Waals surface area (Å²) in [4.78, 5) is 28.4. The fourth-order valence-electron chi connectivity index (χ4n) is 6.44. The summed E-state index contributed by atoms with van der Waals surface area (Å²) in [6.45, 7) is 3.25. The van der Waals surface area contributed by atoms with Gasteiger partial charge in [-0.05, 0) is 54.4 Å². The fraction of sp³-hybridized carbons (Fsp3) is 0.414. The van der Waals surface area contributed by atoms with E-state index in [9.17, 15) is 9.59 Å². The summed E-state index contributed by atoms with van der Waals surface area (Å²) in [5.74, 6) is 0.170. The van der Waals surface area contributed by atoms with Crippen LogP contribution in [0.1, 0.15) is 66.4 Å². The van der Waals surface area contributed by atoms with Crippen molar-refractivity contribution in [1.82, 2.24) is 14.7 Å². The van der Waals surface area contributed by atoms with E-state index in [2.05, 4.69) is 48.4 Å². The van der Waals surface area contributed by atoms with Crippen LogP contribution in [0.3, 0.4) is 0 Å². The zero-order valence-electron chi connectivity index (χ0n) is 20.1. The van der Waals surface area contributed by atoms with Gasteiger partial charge in [-0.3, -0.25) is 9.48 Å². The highest BCUT2D eigenvalue weighted by Gasteiger charge is 2.46. The molecule has 0 saturated carbocycles. The molecule has 2 bridgehead atoms. The molecule has 0 spiro atoms. The molecule has 6 nitrogen and oxygen atoms in total. The van der Waals surface area contributed by atoms with Crippen LogP contribution in [0.25, 0.3) is 11.1 Å². The van der Waals surface area contributed by atoms with Gasteiger partial charge in [0.2, 0.25) is 0 Å². The predicted octanol–water partition coefficient (Wildman–Crippen LogP) is 5.67. The quantitative estimate of drug-likeness (QED) is 0.437. The molecule has 1 aromatic heterocycles. The lowest BCUT2D eigenvalue weighted by atomic mass is 9.85. The largest absolute Gasteiger partial charge is 0.448 e. The molecule has 6 rings (SSSR count). The minimum absolute atomic E-state index is 0.0515.